The van der Waals surface area contributed by atoms with Gasteiger partial charge < -0.3 is 10.6 Å². The predicted molar refractivity (Wildman–Crippen MR) is 76.1 cm³/mol. The summed E-state index contributed by atoms with van der Waals surface area (Å²) in [6, 6.07) is 0.599. The summed E-state index contributed by atoms with van der Waals surface area (Å²) in [5.74, 6) is 3.68. The van der Waals surface area contributed by atoms with Crippen LogP contribution in [0.5, 0.6) is 0 Å². The molecular formula is C14H24N4. The summed E-state index contributed by atoms with van der Waals surface area (Å²) in [5.41, 5.74) is 1.14. The van der Waals surface area contributed by atoms with Gasteiger partial charge in [-0.15, -0.1) is 0 Å². The molecule has 0 aliphatic heterocycles. The van der Waals surface area contributed by atoms with Crippen LogP contribution in [0.3, 0.4) is 0 Å². The smallest absolute Gasteiger partial charge is 0.135 e. The van der Waals surface area contributed by atoms with Crippen LogP contribution in [0.15, 0.2) is 0 Å². The van der Waals surface area contributed by atoms with Crippen LogP contribution in [-0.4, -0.2) is 22.6 Å². The Bertz CT molecular complexity index is 417. The highest BCUT2D eigenvalue weighted by Gasteiger charge is 2.33. The molecule has 1 aromatic heterocycles. The van der Waals surface area contributed by atoms with E-state index in [-0.39, 0.29) is 0 Å². The summed E-state index contributed by atoms with van der Waals surface area (Å²) in [6.45, 7) is 9.57. The minimum atomic E-state index is 0.599. The monoisotopic (exact) mass is 248 g/mol. The molecule has 1 saturated carbocycles. The summed E-state index contributed by atoms with van der Waals surface area (Å²) in [4.78, 5) is 9.19. The Morgan fingerprint density at radius 2 is 1.89 bits per heavy atom. The maximum Gasteiger partial charge on any atom is 0.135 e. The van der Waals surface area contributed by atoms with Gasteiger partial charge >= 0.3 is 0 Å². The molecule has 0 amide bonds. The van der Waals surface area contributed by atoms with Gasteiger partial charge in [-0.25, -0.2) is 9.97 Å². The fourth-order valence-corrected chi connectivity index (χ4v) is 1.98. The van der Waals surface area contributed by atoms with Crippen molar-refractivity contribution >= 4 is 11.6 Å². The lowest BCUT2D eigenvalue weighted by Gasteiger charge is -2.14. The average molecular weight is 248 g/mol. The molecule has 1 heterocycles. The fourth-order valence-electron chi connectivity index (χ4n) is 1.98. The van der Waals surface area contributed by atoms with E-state index in [9.17, 15) is 0 Å². The minimum Gasteiger partial charge on any atom is -0.370 e. The number of anilines is 2. The second-order valence-corrected chi connectivity index (χ2v) is 5.21. The number of aryl methyl sites for hydroxylation is 1. The highest BCUT2D eigenvalue weighted by atomic mass is 15.1. The van der Waals surface area contributed by atoms with Crippen LogP contribution in [0.2, 0.25) is 0 Å². The maximum absolute atomic E-state index is 4.61. The van der Waals surface area contributed by atoms with E-state index in [1.807, 2.05) is 0 Å². The van der Waals surface area contributed by atoms with Gasteiger partial charge in [0, 0.05) is 24.6 Å². The Hall–Kier alpha value is -1.32. The normalized spacial score (nSPS) is 21.8. The standard InChI is InChI=1S/C14H24N4/c1-5-7-15-13-10(4)14(16-11-8-9(11)3)18-12(6-2)17-13/h9,11H,5-8H2,1-4H3,(H2,15,16,17,18). The zero-order chi connectivity index (χ0) is 13.1. The average Bonchev–Trinajstić information content (AvgIpc) is 3.06. The molecule has 1 aromatic rings. The summed E-state index contributed by atoms with van der Waals surface area (Å²) in [7, 11) is 0. The largest absolute Gasteiger partial charge is 0.370 e. The molecule has 1 aliphatic rings. The van der Waals surface area contributed by atoms with E-state index in [0.29, 0.717) is 6.04 Å². The van der Waals surface area contributed by atoms with Crippen molar-refractivity contribution in [1.29, 1.82) is 0 Å². The van der Waals surface area contributed by atoms with E-state index in [4.69, 9.17) is 0 Å². The van der Waals surface area contributed by atoms with Crippen LogP contribution in [0, 0.1) is 12.8 Å². The number of nitrogens with zero attached hydrogens (tertiary/aromatic N) is 2. The molecule has 1 fully saturated rings. The molecule has 2 rings (SSSR count). The molecule has 2 unspecified atom stereocenters. The molecule has 100 valence electrons. The highest BCUT2D eigenvalue weighted by molar-refractivity contribution is 5.58. The van der Waals surface area contributed by atoms with E-state index in [0.717, 1.165) is 48.3 Å². The van der Waals surface area contributed by atoms with Crippen molar-refractivity contribution in [1.82, 2.24) is 9.97 Å². The van der Waals surface area contributed by atoms with Gasteiger partial charge in [0.2, 0.25) is 0 Å². The van der Waals surface area contributed by atoms with E-state index in [1.54, 1.807) is 0 Å². The molecule has 0 bridgehead atoms. The Kier molecular flexibility index (Phi) is 4.04. The van der Waals surface area contributed by atoms with Gasteiger partial charge in [0.15, 0.2) is 0 Å². The second kappa shape index (κ2) is 5.55. The van der Waals surface area contributed by atoms with Gasteiger partial charge in [0.25, 0.3) is 0 Å². The lowest BCUT2D eigenvalue weighted by Crippen LogP contribution is -2.13. The van der Waals surface area contributed by atoms with Gasteiger partial charge in [-0.05, 0) is 25.7 Å². The van der Waals surface area contributed by atoms with Crippen molar-refractivity contribution in [3.8, 4) is 0 Å². The summed E-state index contributed by atoms with van der Waals surface area (Å²) in [5, 5.41) is 6.93. The van der Waals surface area contributed by atoms with Crippen LogP contribution in [0.4, 0.5) is 11.6 Å². The molecule has 18 heavy (non-hydrogen) atoms. The Morgan fingerprint density at radius 3 is 2.44 bits per heavy atom. The van der Waals surface area contributed by atoms with Gasteiger partial charge in [-0.2, -0.15) is 0 Å². The molecule has 0 saturated heterocycles. The predicted octanol–water partition coefficient (Wildman–Crippen LogP) is 2.99. The Balaban J connectivity index is 2.20. The van der Waals surface area contributed by atoms with Gasteiger partial charge in [-0.3, -0.25) is 0 Å². The molecule has 4 heteroatoms. The third-order valence-corrected chi connectivity index (χ3v) is 3.48. The Labute approximate surface area is 110 Å². The van der Waals surface area contributed by atoms with Gasteiger partial charge in [0.1, 0.15) is 17.5 Å². The molecule has 0 spiro atoms. The first-order valence-corrected chi connectivity index (χ1v) is 7.03. The number of hydrogen-bond donors (Lipinski definition) is 2. The summed E-state index contributed by atoms with van der Waals surface area (Å²) < 4.78 is 0. The number of aromatic nitrogens is 2. The molecule has 4 nitrogen and oxygen atoms in total. The second-order valence-electron chi connectivity index (χ2n) is 5.21. The van der Waals surface area contributed by atoms with Crippen molar-refractivity contribution in [3.05, 3.63) is 11.4 Å². The zero-order valence-electron chi connectivity index (χ0n) is 11.9. The lowest BCUT2D eigenvalue weighted by atomic mass is 10.2. The maximum atomic E-state index is 4.61. The quantitative estimate of drug-likeness (QED) is 0.812. The topological polar surface area (TPSA) is 49.8 Å². The van der Waals surface area contributed by atoms with Crippen LogP contribution in [-0.2, 0) is 6.42 Å². The van der Waals surface area contributed by atoms with E-state index >= 15 is 0 Å². The third-order valence-electron chi connectivity index (χ3n) is 3.48. The Morgan fingerprint density at radius 1 is 1.22 bits per heavy atom. The number of nitrogens with one attached hydrogen (secondary N) is 2. The van der Waals surface area contributed by atoms with E-state index < -0.39 is 0 Å². The van der Waals surface area contributed by atoms with Crippen molar-refractivity contribution in [2.75, 3.05) is 17.2 Å². The molecule has 2 N–H and O–H groups in total. The first kappa shape index (κ1) is 13.1. The molecule has 2 atom stereocenters. The summed E-state index contributed by atoms with van der Waals surface area (Å²) in [6.07, 6.45) is 3.23. The van der Waals surface area contributed by atoms with Crippen molar-refractivity contribution < 1.29 is 0 Å². The third kappa shape index (κ3) is 2.92. The van der Waals surface area contributed by atoms with Crippen molar-refractivity contribution in [2.24, 2.45) is 5.92 Å². The molecule has 1 aliphatic carbocycles. The highest BCUT2D eigenvalue weighted by Crippen LogP contribution is 2.33. The lowest BCUT2D eigenvalue weighted by molar-refractivity contribution is 0.886. The first-order chi connectivity index (χ1) is 8.65. The van der Waals surface area contributed by atoms with Crippen LogP contribution in [0.25, 0.3) is 0 Å². The number of hydrogen-bond acceptors (Lipinski definition) is 4. The fraction of sp³-hybridized carbons (Fsp3) is 0.714. The first-order valence-electron chi connectivity index (χ1n) is 7.03. The van der Waals surface area contributed by atoms with Crippen LogP contribution >= 0.6 is 0 Å². The van der Waals surface area contributed by atoms with Crippen molar-refractivity contribution in [3.63, 3.8) is 0 Å². The number of rotatable bonds is 6. The minimum absolute atomic E-state index is 0.599. The van der Waals surface area contributed by atoms with Crippen molar-refractivity contribution in [2.45, 2.75) is 53.0 Å². The van der Waals surface area contributed by atoms with Gasteiger partial charge in [0.05, 0.1) is 0 Å². The molecular weight excluding hydrogens is 224 g/mol. The SMILES string of the molecule is CCCNc1nc(CC)nc(NC2CC2C)c1C. The van der Waals surface area contributed by atoms with E-state index in [1.165, 1.54) is 6.42 Å². The van der Waals surface area contributed by atoms with Crippen LogP contribution < -0.4 is 10.6 Å². The van der Waals surface area contributed by atoms with Gasteiger partial charge in [-0.1, -0.05) is 20.8 Å². The molecule has 0 radical (unpaired) electrons. The van der Waals surface area contributed by atoms with E-state index in [2.05, 4.69) is 48.3 Å². The van der Waals surface area contributed by atoms with Crippen LogP contribution in [0.1, 0.15) is 45.0 Å². The zero-order valence-corrected chi connectivity index (χ0v) is 11.9. The molecule has 0 aromatic carbocycles. The summed E-state index contributed by atoms with van der Waals surface area (Å²) >= 11 is 0.